The summed E-state index contributed by atoms with van der Waals surface area (Å²) < 4.78 is 29.2. The molecule has 1 fully saturated rings. The fourth-order valence-electron chi connectivity index (χ4n) is 2.71. The van der Waals surface area contributed by atoms with Gasteiger partial charge in [-0.2, -0.15) is 5.10 Å². The number of aryl methyl sites for hydroxylation is 2. The molecule has 124 valence electrons. The van der Waals surface area contributed by atoms with E-state index in [9.17, 15) is 8.78 Å². The molecule has 1 N–H and O–H groups in total. The van der Waals surface area contributed by atoms with Crippen LogP contribution < -0.4 is 0 Å². The van der Waals surface area contributed by atoms with Gasteiger partial charge in [-0.1, -0.05) is 0 Å². The maximum Gasteiger partial charge on any atom is 0.126 e. The molecule has 0 bridgehead atoms. The maximum absolute atomic E-state index is 13.2. The Hall–Kier alpha value is -2.02. The zero-order chi connectivity index (χ0) is 16.7. The molecule has 7 heteroatoms. The van der Waals surface area contributed by atoms with E-state index in [-0.39, 0.29) is 0 Å². The van der Waals surface area contributed by atoms with E-state index in [1.807, 2.05) is 16.9 Å². The number of imidazole rings is 1. The van der Waals surface area contributed by atoms with Gasteiger partial charge in [-0.3, -0.25) is 4.68 Å². The molecule has 1 aromatic carbocycles. The number of halogens is 3. The molecule has 4 rings (SSSR count). The topological polar surface area (TPSA) is 46.5 Å². The van der Waals surface area contributed by atoms with Crippen molar-refractivity contribution >= 4 is 15.9 Å². The van der Waals surface area contributed by atoms with Gasteiger partial charge in [-0.15, -0.1) is 0 Å². The molecule has 3 aromatic rings. The second-order valence-electron chi connectivity index (χ2n) is 6.04. The summed E-state index contributed by atoms with van der Waals surface area (Å²) in [6, 6.07) is 6.05. The van der Waals surface area contributed by atoms with Crippen LogP contribution in [0.3, 0.4) is 0 Å². The van der Waals surface area contributed by atoms with Gasteiger partial charge >= 0.3 is 0 Å². The fraction of sp³-hybridized carbons (Fsp3) is 0.294. The van der Waals surface area contributed by atoms with Crippen LogP contribution in [0, 0.1) is 11.6 Å². The van der Waals surface area contributed by atoms with Crippen LogP contribution >= 0.6 is 15.9 Å². The molecule has 2 aromatic heterocycles. The molecular weight excluding hydrogens is 378 g/mol. The molecule has 0 saturated heterocycles. The van der Waals surface area contributed by atoms with Gasteiger partial charge < -0.3 is 4.98 Å². The zero-order valence-electron chi connectivity index (χ0n) is 12.8. The van der Waals surface area contributed by atoms with Crippen molar-refractivity contribution in [2.45, 2.75) is 31.7 Å². The van der Waals surface area contributed by atoms with Crippen molar-refractivity contribution < 1.29 is 8.78 Å². The van der Waals surface area contributed by atoms with Gasteiger partial charge in [0.05, 0.1) is 6.04 Å². The molecule has 0 unspecified atom stereocenters. The highest BCUT2D eigenvalue weighted by atomic mass is 79.9. The summed E-state index contributed by atoms with van der Waals surface area (Å²) in [4.78, 5) is 7.73. The van der Waals surface area contributed by atoms with Crippen LogP contribution in [0.2, 0.25) is 0 Å². The molecule has 1 aliphatic carbocycles. The summed E-state index contributed by atoms with van der Waals surface area (Å²) in [6.07, 6.45) is 5.40. The SMILES string of the molecule is Fc1cc(F)cc(CCc2nc(-c3ccn(C4CC4)n3)c(Br)[nH]2)c1. The lowest BCUT2D eigenvalue weighted by Crippen LogP contribution is -1.96. The summed E-state index contributed by atoms with van der Waals surface area (Å²) in [7, 11) is 0. The first-order chi connectivity index (χ1) is 11.6. The second-order valence-corrected chi connectivity index (χ2v) is 6.83. The van der Waals surface area contributed by atoms with Gasteiger partial charge in [-0.25, -0.2) is 13.8 Å². The predicted molar refractivity (Wildman–Crippen MR) is 89.5 cm³/mol. The van der Waals surface area contributed by atoms with Crippen molar-refractivity contribution in [3.05, 3.63) is 58.1 Å². The van der Waals surface area contributed by atoms with E-state index in [0.717, 1.165) is 27.9 Å². The number of hydrogen-bond acceptors (Lipinski definition) is 2. The standard InChI is InChI=1S/C17H15BrF2N4/c18-17-16(14-5-6-24(23-14)13-2-3-13)21-15(22-17)4-1-10-7-11(19)9-12(20)8-10/h5-9,13H,1-4H2,(H,21,22). The highest BCUT2D eigenvalue weighted by Gasteiger charge is 2.25. The van der Waals surface area contributed by atoms with Crippen molar-refractivity contribution in [2.75, 3.05) is 0 Å². The van der Waals surface area contributed by atoms with E-state index < -0.39 is 11.6 Å². The van der Waals surface area contributed by atoms with Gasteiger partial charge in [0.2, 0.25) is 0 Å². The van der Waals surface area contributed by atoms with Gasteiger partial charge in [0.25, 0.3) is 0 Å². The normalized spacial score (nSPS) is 14.3. The van der Waals surface area contributed by atoms with Crippen molar-refractivity contribution in [1.82, 2.24) is 19.7 Å². The summed E-state index contributed by atoms with van der Waals surface area (Å²) >= 11 is 3.48. The first kappa shape index (κ1) is 15.5. The Bertz CT molecular complexity index is 862. The minimum atomic E-state index is -0.558. The molecule has 4 nitrogen and oxygen atoms in total. The zero-order valence-corrected chi connectivity index (χ0v) is 14.4. The Balaban J connectivity index is 1.50. The largest absolute Gasteiger partial charge is 0.336 e. The van der Waals surface area contributed by atoms with E-state index >= 15 is 0 Å². The Kier molecular flexibility index (Phi) is 3.96. The Labute approximate surface area is 146 Å². The van der Waals surface area contributed by atoms with Crippen LogP contribution in [0.25, 0.3) is 11.4 Å². The van der Waals surface area contributed by atoms with Crippen LogP contribution in [0.15, 0.2) is 35.1 Å². The number of nitrogens with one attached hydrogen (secondary N) is 1. The van der Waals surface area contributed by atoms with Crippen LogP contribution in [-0.2, 0) is 12.8 Å². The van der Waals surface area contributed by atoms with E-state index in [0.29, 0.717) is 24.4 Å². The highest BCUT2D eigenvalue weighted by molar-refractivity contribution is 9.10. The molecule has 0 atom stereocenters. The minimum absolute atomic E-state index is 0.505. The molecule has 2 heterocycles. The smallest absolute Gasteiger partial charge is 0.126 e. The number of aromatic nitrogens is 4. The monoisotopic (exact) mass is 392 g/mol. The molecular formula is C17H15BrF2N4. The number of hydrogen-bond donors (Lipinski definition) is 1. The van der Waals surface area contributed by atoms with Crippen molar-refractivity contribution in [2.24, 2.45) is 0 Å². The quantitative estimate of drug-likeness (QED) is 0.697. The van der Waals surface area contributed by atoms with E-state index in [1.165, 1.54) is 25.0 Å². The fourth-order valence-corrected chi connectivity index (χ4v) is 3.23. The molecule has 1 saturated carbocycles. The third kappa shape index (κ3) is 3.26. The van der Waals surface area contributed by atoms with Crippen molar-refractivity contribution in [3.8, 4) is 11.4 Å². The van der Waals surface area contributed by atoms with Crippen molar-refractivity contribution in [3.63, 3.8) is 0 Å². The number of aromatic amines is 1. The molecule has 24 heavy (non-hydrogen) atoms. The average Bonchev–Trinajstić information content (AvgIpc) is 3.14. The molecule has 0 aliphatic heterocycles. The molecule has 0 radical (unpaired) electrons. The van der Waals surface area contributed by atoms with Gasteiger partial charge in [0, 0.05) is 18.7 Å². The lowest BCUT2D eigenvalue weighted by molar-refractivity contribution is 0.579. The molecule has 0 spiro atoms. The van der Waals surface area contributed by atoms with Crippen molar-refractivity contribution in [1.29, 1.82) is 0 Å². The van der Waals surface area contributed by atoms with E-state index in [4.69, 9.17) is 0 Å². The number of H-pyrrole nitrogens is 1. The highest BCUT2D eigenvalue weighted by Crippen LogP contribution is 2.35. The number of rotatable bonds is 5. The van der Waals surface area contributed by atoms with Gasteiger partial charge in [-0.05, 0) is 59.0 Å². The summed E-state index contributed by atoms with van der Waals surface area (Å²) in [5.74, 6) is -0.364. The average molecular weight is 393 g/mol. The second kappa shape index (κ2) is 6.12. The first-order valence-corrected chi connectivity index (χ1v) is 8.62. The van der Waals surface area contributed by atoms with Gasteiger partial charge in [0.15, 0.2) is 0 Å². The summed E-state index contributed by atoms with van der Waals surface area (Å²) in [5.41, 5.74) is 2.18. The predicted octanol–water partition coefficient (Wildman–Crippen LogP) is 4.43. The maximum atomic E-state index is 13.2. The Morgan fingerprint density at radius 2 is 1.92 bits per heavy atom. The van der Waals surface area contributed by atoms with Crippen LogP contribution in [0.1, 0.15) is 30.3 Å². The number of benzene rings is 1. The third-order valence-electron chi connectivity index (χ3n) is 4.05. The summed E-state index contributed by atoms with van der Waals surface area (Å²) in [5, 5.41) is 4.56. The lowest BCUT2D eigenvalue weighted by atomic mass is 10.1. The van der Waals surface area contributed by atoms with E-state index in [2.05, 4.69) is 31.0 Å². The van der Waals surface area contributed by atoms with Crippen LogP contribution in [-0.4, -0.2) is 19.7 Å². The Morgan fingerprint density at radius 3 is 2.62 bits per heavy atom. The summed E-state index contributed by atoms with van der Waals surface area (Å²) in [6.45, 7) is 0. The van der Waals surface area contributed by atoms with Crippen LogP contribution in [0.5, 0.6) is 0 Å². The molecule has 1 aliphatic rings. The van der Waals surface area contributed by atoms with Gasteiger partial charge in [0.1, 0.15) is 33.4 Å². The Morgan fingerprint density at radius 1 is 1.17 bits per heavy atom. The van der Waals surface area contributed by atoms with E-state index in [1.54, 1.807) is 0 Å². The van der Waals surface area contributed by atoms with Crippen LogP contribution in [0.4, 0.5) is 8.78 Å². The third-order valence-corrected chi connectivity index (χ3v) is 4.63. The number of nitrogens with zero attached hydrogens (tertiary/aromatic N) is 3. The lowest BCUT2D eigenvalue weighted by Gasteiger charge is -2.00. The molecule has 0 amide bonds. The first-order valence-electron chi connectivity index (χ1n) is 7.83. The minimum Gasteiger partial charge on any atom is -0.336 e.